The average molecular weight is 542 g/mol. The molecule has 8 nitrogen and oxygen atoms in total. The molecule has 0 aliphatic heterocycles. The number of rotatable bonds is 12. The smallest absolute Gasteiger partial charge is 0.264 e. The molecule has 0 heterocycles. The molecule has 2 amide bonds. The largest absolute Gasteiger partial charge is 0.497 e. The second-order valence-electron chi connectivity index (χ2n) is 8.64. The SMILES string of the molecule is CCCNC(=O)[C@H](C)N(Cc1cccc(OC)c1)C(=O)CN(c1ccc(F)cc1)S(=O)(=O)c1ccccc1. The van der Waals surface area contributed by atoms with Crippen LogP contribution in [0.2, 0.25) is 0 Å². The predicted molar refractivity (Wildman–Crippen MR) is 144 cm³/mol. The van der Waals surface area contributed by atoms with Crippen LogP contribution >= 0.6 is 0 Å². The number of anilines is 1. The molecule has 0 spiro atoms. The van der Waals surface area contributed by atoms with Crippen LogP contribution in [-0.2, 0) is 26.2 Å². The lowest BCUT2D eigenvalue weighted by Crippen LogP contribution is -2.51. The van der Waals surface area contributed by atoms with Crippen LogP contribution in [0.25, 0.3) is 0 Å². The lowest BCUT2D eigenvalue weighted by molar-refractivity contribution is -0.139. The quantitative estimate of drug-likeness (QED) is 0.374. The monoisotopic (exact) mass is 541 g/mol. The van der Waals surface area contributed by atoms with Gasteiger partial charge in [0.05, 0.1) is 17.7 Å². The fourth-order valence-corrected chi connectivity index (χ4v) is 5.24. The number of hydrogen-bond acceptors (Lipinski definition) is 5. The summed E-state index contributed by atoms with van der Waals surface area (Å²) in [7, 11) is -2.67. The van der Waals surface area contributed by atoms with Gasteiger partial charge in [-0.15, -0.1) is 0 Å². The summed E-state index contributed by atoms with van der Waals surface area (Å²) in [6, 6.07) is 18.7. The van der Waals surface area contributed by atoms with E-state index in [4.69, 9.17) is 4.74 Å². The first-order chi connectivity index (χ1) is 18.2. The van der Waals surface area contributed by atoms with Gasteiger partial charge in [0.1, 0.15) is 24.2 Å². The summed E-state index contributed by atoms with van der Waals surface area (Å²) >= 11 is 0. The molecule has 10 heteroatoms. The van der Waals surface area contributed by atoms with E-state index in [1.165, 1.54) is 36.3 Å². The summed E-state index contributed by atoms with van der Waals surface area (Å²) in [6.45, 7) is 3.39. The Morgan fingerprint density at radius 1 is 1.00 bits per heavy atom. The first-order valence-corrected chi connectivity index (χ1v) is 13.6. The van der Waals surface area contributed by atoms with E-state index in [1.807, 2.05) is 6.92 Å². The molecular formula is C28H32FN3O5S. The Hall–Kier alpha value is -3.92. The highest BCUT2D eigenvalue weighted by Gasteiger charge is 2.32. The zero-order valence-corrected chi connectivity index (χ0v) is 22.4. The molecule has 0 fully saturated rings. The van der Waals surface area contributed by atoms with E-state index >= 15 is 0 Å². The molecule has 1 N–H and O–H groups in total. The van der Waals surface area contributed by atoms with Crippen LogP contribution in [0.4, 0.5) is 10.1 Å². The van der Waals surface area contributed by atoms with E-state index in [1.54, 1.807) is 49.4 Å². The fourth-order valence-electron chi connectivity index (χ4n) is 3.80. The second-order valence-corrected chi connectivity index (χ2v) is 10.5. The number of amides is 2. The third-order valence-electron chi connectivity index (χ3n) is 5.93. The number of methoxy groups -OCH3 is 1. The van der Waals surface area contributed by atoms with Crippen molar-refractivity contribution < 1.29 is 27.1 Å². The van der Waals surface area contributed by atoms with Crippen molar-refractivity contribution >= 4 is 27.5 Å². The molecule has 202 valence electrons. The number of nitrogens with one attached hydrogen (secondary N) is 1. The number of nitrogens with zero attached hydrogens (tertiary/aromatic N) is 2. The van der Waals surface area contributed by atoms with Gasteiger partial charge in [0.15, 0.2) is 0 Å². The molecule has 0 aliphatic carbocycles. The summed E-state index contributed by atoms with van der Waals surface area (Å²) in [5.74, 6) is -0.922. The minimum absolute atomic E-state index is 0.0230. The summed E-state index contributed by atoms with van der Waals surface area (Å²) in [5.41, 5.74) is 0.820. The van der Waals surface area contributed by atoms with Crippen LogP contribution < -0.4 is 14.4 Å². The molecule has 3 aromatic carbocycles. The number of sulfonamides is 1. The highest BCUT2D eigenvalue weighted by Crippen LogP contribution is 2.25. The van der Waals surface area contributed by atoms with Crippen LogP contribution in [0.5, 0.6) is 5.75 Å². The molecule has 3 rings (SSSR count). The molecule has 0 aliphatic rings. The van der Waals surface area contributed by atoms with Crippen LogP contribution in [-0.4, -0.2) is 51.4 Å². The van der Waals surface area contributed by atoms with Gasteiger partial charge in [-0.25, -0.2) is 12.8 Å². The van der Waals surface area contributed by atoms with Crippen molar-refractivity contribution in [3.05, 3.63) is 90.2 Å². The van der Waals surface area contributed by atoms with Gasteiger partial charge in [0, 0.05) is 13.1 Å². The topological polar surface area (TPSA) is 96.0 Å². The number of benzene rings is 3. The first-order valence-electron chi connectivity index (χ1n) is 12.2. The molecule has 38 heavy (non-hydrogen) atoms. The molecule has 0 saturated heterocycles. The zero-order valence-electron chi connectivity index (χ0n) is 21.6. The van der Waals surface area contributed by atoms with Gasteiger partial charge in [-0.1, -0.05) is 37.3 Å². The van der Waals surface area contributed by atoms with E-state index in [2.05, 4.69) is 5.32 Å². The van der Waals surface area contributed by atoms with Crippen LogP contribution in [0.1, 0.15) is 25.8 Å². The molecule has 0 radical (unpaired) electrons. The van der Waals surface area contributed by atoms with Crippen molar-refractivity contribution in [1.82, 2.24) is 10.2 Å². The fraction of sp³-hybridized carbons (Fsp3) is 0.286. The van der Waals surface area contributed by atoms with Crippen molar-refractivity contribution in [2.45, 2.75) is 37.8 Å². The van der Waals surface area contributed by atoms with Gasteiger partial charge in [-0.05, 0) is 67.4 Å². The van der Waals surface area contributed by atoms with Crippen molar-refractivity contribution in [2.24, 2.45) is 0 Å². The van der Waals surface area contributed by atoms with Gasteiger partial charge in [0.2, 0.25) is 11.8 Å². The molecule has 0 saturated carbocycles. The Morgan fingerprint density at radius 3 is 2.32 bits per heavy atom. The molecule has 3 aromatic rings. The Bertz CT molecular complexity index is 1330. The lowest BCUT2D eigenvalue weighted by Gasteiger charge is -2.32. The van der Waals surface area contributed by atoms with Crippen molar-refractivity contribution in [2.75, 3.05) is 24.5 Å². The summed E-state index contributed by atoms with van der Waals surface area (Å²) < 4.78 is 47.1. The number of hydrogen-bond donors (Lipinski definition) is 1. The zero-order chi connectivity index (χ0) is 27.7. The summed E-state index contributed by atoms with van der Waals surface area (Å²) in [6.07, 6.45) is 0.718. The normalized spacial score (nSPS) is 11.9. The van der Waals surface area contributed by atoms with Gasteiger partial charge in [-0.3, -0.25) is 13.9 Å². The number of carbonyl (C=O) groups is 2. The highest BCUT2D eigenvalue weighted by molar-refractivity contribution is 7.92. The molecule has 1 atom stereocenters. The average Bonchev–Trinajstić information content (AvgIpc) is 2.93. The van der Waals surface area contributed by atoms with Crippen molar-refractivity contribution in [3.8, 4) is 5.75 Å². The third kappa shape index (κ3) is 7.10. The molecular weight excluding hydrogens is 509 g/mol. The maximum absolute atomic E-state index is 13.8. The Labute approximate surface area is 223 Å². The molecule has 0 unspecified atom stereocenters. The minimum Gasteiger partial charge on any atom is -0.497 e. The summed E-state index contributed by atoms with van der Waals surface area (Å²) in [5, 5.41) is 2.79. The van der Waals surface area contributed by atoms with E-state index in [0.717, 1.165) is 22.9 Å². The Morgan fingerprint density at radius 2 is 1.68 bits per heavy atom. The minimum atomic E-state index is -4.20. The first kappa shape index (κ1) is 28.6. The number of carbonyl (C=O) groups excluding carboxylic acids is 2. The van der Waals surface area contributed by atoms with Crippen LogP contribution in [0.3, 0.4) is 0 Å². The number of ether oxygens (including phenoxy) is 1. The lowest BCUT2D eigenvalue weighted by atomic mass is 10.1. The predicted octanol–water partition coefficient (Wildman–Crippen LogP) is 3.97. The highest BCUT2D eigenvalue weighted by atomic mass is 32.2. The van der Waals surface area contributed by atoms with Gasteiger partial charge in [-0.2, -0.15) is 0 Å². The van der Waals surface area contributed by atoms with Crippen molar-refractivity contribution in [1.29, 1.82) is 0 Å². The molecule has 0 aromatic heterocycles. The maximum atomic E-state index is 13.8. The van der Waals surface area contributed by atoms with Gasteiger partial charge in [0.25, 0.3) is 10.0 Å². The van der Waals surface area contributed by atoms with E-state index in [-0.39, 0.29) is 23.0 Å². The van der Waals surface area contributed by atoms with Gasteiger partial charge < -0.3 is 15.0 Å². The van der Waals surface area contributed by atoms with E-state index < -0.39 is 34.3 Å². The standard InChI is InChI=1S/C28H32FN3O5S/c1-4-17-30-28(34)21(2)31(19-22-9-8-10-25(18-22)37-3)27(33)20-32(24-15-13-23(29)14-16-24)38(35,36)26-11-6-5-7-12-26/h5-16,18,21H,4,17,19-20H2,1-3H3,(H,30,34)/t21-/m0/s1. The van der Waals surface area contributed by atoms with Crippen LogP contribution in [0, 0.1) is 5.82 Å². The number of halogens is 1. The Balaban J connectivity index is 2.00. The van der Waals surface area contributed by atoms with Crippen molar-refractivity contribution in [3.63, 3.8) is 0 Å². The van der Waals surface area contributed by atoms with E-state index in [0.29, 0.717) is 17.9 Å². The second kappa shape index (κ2) is 13.0. The van der Waals surface area contributed by atoms with Crippen LogP contribution in [0.15, 0.2) is 83.8 Å². The summed E-state index contributed by atoms with van der Waals surface area (Å²) in [4.78, 5) is 28.0. The third-order valence-corrected chi connectivity index (χ3v) is 7.72. The maximum Gasteiger partial charge on any atom is 0.264 e. The van der Waals surface area contributed by atoms with Gasteiger partial charge >= 0.3 is 0 Å². The van der Waals surface area contributed by atoms with E-state index in [9.17, 15) is 22.4 Å². The molecule has 0 bridgehead atoms. The Kier molecular flexibility index (Phi) is 9.84.